The maximum Gasteiger partial charge on any atom is 0.408 e. The largest absolute Gasteiger partial charge is 0.506 e. The Bertz CT molecular complexity index is 2170. The first-order chi connectivity index (χ1) is 27.8. The second-order valence-electron chi connectivity index (χ2n) is 14.4. The van der Waals surface area contributed by atoms with Gasteiger partial charge in [-0.2, -0.15) is 0 Å². The molecule has 0 saturated carbocycles. The normalized spacial score (nSPS) is 18.4. The fraction of sp³-hybridized carbons (Fsp3) is 0.341. The van der Waals surface area contributed by atoms with Gasteiger partial charge in [-0.15, -0.1) is 0 Å². The van der Waals surface area contributed by atoms with E-state index in [0.717, 1.165) is 49.2 Å². The Balaban J connectivity index is 0.825. The molecule has 5 N–H and O–H groups in total. The average Bonchev–Trinajstić information content (AvgIpc) is 3.24. The van der Waals surface area contributed by atoms with E-state index < -0.39 is 24.2 Å². The van der Waals surface area contributed by atoms with Gasteiger partial charge in [-0.3, -0.25) is 9.69 Å². The van der Waals surface area contributed by atoms with E-state index in [1.54, 1.807) is 24.3 Å². The highest BCUT2D eigenvalue weighted by molar-refractivity contribution is 5.89. The Morgan fingerprint density at radius 3 is 2.44 bits per heavy atom. The number of hydrogen-bond donors (Lipinski definition) is 5. The van der Waals surface area contributed by atoms with Crippen LogP contribution in [0.4, 0.5) is 4.79 Å². The van der Waals surface area contributed by atoms with Crippen molar-refractivity contribution in [2.24, 2.45) is 5.92 Å². The lowest BCUT2D eigenvalue weighted by Gasteiger charge is -2.43. The number of ether oxygens (including phenoxy) is 4. The number of fused-ring (bicyclic) bond motifs is 4. The molecule has 3 fully saturated rings. The summed E-state index contributed by atoms with van der Waals surface area (Å²) in [4.78, 5) is 42.4. The molecule has 5 aromatic rings. The summed E-state index contributed by atoms with van der Waals surface area (Å²) in [6.07, 6.45) is 0.735. The fourth-order valence-corrected chi connectivity index (χ4v) is 7.45. The lowest BCUT2D eigenvalue weighted by Crippen LogP contribution is -2.52. The van der Waals surface area contributed by atoms with Gasteiger partial charge in [0.25, 0.3) is 0 Å². The standard InChI is InChI=1S/C44H48N4O9/c49-37-15-13-35(36-14-16-40(51)46-42(36)37)38(50)26-45-19-22-54-23-24-55-43(52)32-11-9-29(10-12-32)28-56-34-8-4-7-33(25-34)41(31-5-2-1-3-6-31)47-44(53)57-39-27-48-20-17-30(39)18-21-48/h1-16,25,30,38-39,41,45,49-50H,17-24,26-28H2,(H,46,51)(H,47,53)/t38-,39?,41-/m0/s1. The van der Waals surface area contributed by atoms with Crippen LogP contribution < -0.4 is 20.9 Å². The van der Waals surface area contributed by atoms with Crippen LogP contribution in [0.1, 0.15) is 57.6 Å². The molecule has 8 rings (SSSR count). The van der Waals surface area contributed by atoms with E-state index in [-0.39, 0.29) is 49.3 Å². The van der Waals surface area contributed by atoms with Crippen molar-refractivity contribution in [1.29, 1.82) is 0 Å². The van der Waals surface area contributed by atoms with Gasteiger partial charge in [0.15, 0.2) is 0 Å². The van der Waals surface area contributed by atoms with E-state index in [2.05, 4.69) is 20.5 Å². The van der Waals surface area contributed by atoms with Gasteiger partial charge in [0.05, 0.1) is 36.4 Å². The van der Waals surface area contributed by atoms with Crippen LogP contribution >= 0.6 is 0 Å². The number of pyridine rings is 1. The number of hydrogen-bond acceptors (Lipinski definition) is 11. The van der Waals surface area contributed by atoms with Gasteiger partial charge in [-0.1, -0.05) is 60.7 Å². The Morgan fingerprint density at radius 2 is 1.67 bits per heavy atom. The zero-order valence-electron chi connectivity index (χ0n) is 31.6. The summed E-state index contributed by atoms with van der Waals surface area (Å²) in [6, 6.07) is 30.0. The highest BCUT2D eigenvalue weighted by atomic mass is 16.6. The molecule has 1 amide bonds. The number of esters is 1. The number of amides is 1. The molecule has 57 heavy (non-hydrogen) atoms. The molecule has 3 aliphatic rings. The number of alkyl carbamates (subject to hydrolysis) is 1. The summed E-state index contributed by atoms with van der Waals surface area (Å²) >= 11 is 0. The van der Waals surface area contributed by atoms with Gasteiger partial charge >= 0.3 is 12.1 Å². The highest BCUT2D eigenvalue weighted by Gasteiger charge is 2.37. The first kappa shape index (κ1) is 39.5. The first-order valence-corrected chi connectivity index (χ1v) is 19.4. The number of piperidine rings is 3. The van der Waals surface area contributed by atoms with Crippen molar-refractivity contribution in [3.63, 3.8) is 0 Å². The molecule has 0 spiro atoms. The summed E-state index contributed by atoms with van der Waals surface area (Å²) < 4.78 is 23.0. The molecular formula is C44H48N4O9. The molecule has 1 unspecified atom stereocenters. The third-order valence-electron chi connectivity index (χ3n) is 10.5. The SMILES string of the molecule is O=C(N[C@@H](c1ccccc1)c1cccc(OCc2ccc(C(=O)OCCOCCNC[C@H](O)c3ccc(O)c4[nH]c(=O)ccc34)cc2)c1)OC1CN2CCC1CC2. The number of nitrogens with zero attached hydrogens (tertiary/aromatic N) is 1. The molecule has 4 aromatic carbocycles. The van der Waals surface area contributed by atoms with Crippen molar-refractivity contribution in [3.05, 3.63) is 141 Å². The number of H-pyrrole nitrogens is 1. The van der Waals surface area contributed by atoms with Gasteiger partial charge in [0.1, 0.15) is 30.8 Å². The molecule has 298 valence electrons. The van der Waals surface area contributed by atoms with Crippen LogP contribution in [-0.4, -0.2) is 90.8 Å². The molecular weight excluding hydrogens is 729 g/mol. The first-order valence-electron chi connectivity index (χ1n) is 19.4. The van der Waals surface area contributed by atoms with Gasteiger partial charge in [-0.25, -0.2) is 9.59 Å². The number of nitrogens with one attached hydrogen (secondary N) is 3. The maximum absolute atomic E-state index is 13.2. The van der Waals surface area contributed by atoms with Crippen LogP contribution in [0.15, 0.2) is 108 Å². The summed E-state index contributed by atoms with van der Waals surface area (Å²) in [5, 5.41) is 27.5. The molecule has 13 heteroatoms. The number of phenols is 1. The molecule has 1 aromatic heterocycles. The summed E-state index contributed by atoms with van der Waals surface area (Å²) in [7, 11) is 0. The molecule has 0 aliphatic carbocycles. The van der Waals surface area contributed by atoms with Gasteiger partial charge in [0.2, 0.25) is 5.56 Å². The Labute approximate surface area is 330 Å². The van der Waals surface area contributed by atoms with Crippen LogP contribution in [-0.2, 0) is 20.8 Å². The number of benzene rings is 4. The van der Waals surface area contributed by atoms with Crippen molar-refractivity contribution in [2.75, 3.05) is 52.5 Å². The van der Waals surface area contributed by atoms with Crippen LogP contribution in [0.25, 0.3) is 10.9 Å². The smallest absolute Gasteiger partial charge is 0.408 e. The minimum Gasteiger partial charge on any atom is -0.506 e. The predicted octanol–water partition coefficient (Wildman–Crippen LogP) is 5.22. The van der Waals surface area contributed by atoms with E-state index in [4.69, 9.17) is 18.9 Å². The fourth-order valence-electron chi connectivity index (χ4n) is 7.45. The number of aromatic nitrogens is 1. The molecule has 2 bridgehead atoms. The van der Waals surface area contributed by atoms with E-state index >= 15 is 0 Å². The number of aliphatic hydroxyl groups is 1. The molecule has 13 nitrogen and oxygen atoms in total. The van der Waals surface area contributed by atoms with Crippen LogP contribution in [0.2, 0.25) is 0 Å². The lowest BCUT2D eigenvalue weighted by atomic mass is 9.86. The number of phenolic OH excluding ortho intramolecular Hbond substituents is 1. The van der Waals surface area contributed by atoms with Crippen LogP contribution in [0, 0.1) is 5.92 Å². The van der Waals surface area contributed by atoms with Gasteiger partial charge < -0.3 is 44.8 Å². The summed E-state index contributed by atoms with van der Waals surface area (Å²) in [5.74, 6) is 0.526. The Hall–Kier alpha value is -5.73. The van der Waals surface area contributed by atoms with Crippen molar-refractivity contribution in [1.82, 2.24) is 20.5 Å². The zero-order valence-corrected chi connectivity index (χ0v) is 31.6. The van der Waals surface area contributed by atoms with Crippen LogP contribution in [0.5, 0.6) is 11.5 Å². The third kappa shape index (κ3) is 10.4. The topological polar surface area (TPSA) is 172 Å². The molecule has 3 atom stereocenters. The number of carbonyl (C=O) groups excluding carboxylic acids is 2. The number of aromatic amines is 1. The second-order valence-corrected chi connectivity index (χ2v) is 14.4. The predicted molar refractivity (Wildman–Crippen MR) is 213 cm³/mol. The minimum absolute atomic E-state index is 0.0654. The van der Waals surface area contributed by atoms with Crippen molar-refractivity contribution < 1.29 is 38.7 Å². The third-order valence-corrected chi connectivity index (χ3v) is 10.5. The number of carbonyl (C=O) groups is 2. The van der Waals surface area contributed by atoms with Crippen molar-refractivity contribution in [2.45, 2.75) is 37.7 Å². The number of rotatable bonds is 17. The van der Waals surface area contributed by atoms with Gasteiger partial charge in [0, 0.05) is 31.1 Å². The quantitative estimate of drug-likeness (QED) is 0.0620. The lowest BCUT2D eigenvalue weighted by molar-refractivity contribution is -0.0336. The number of aliphatic hydroxyl groups excluding tert-OH is 1. The Kier molecular flexibility index (Phi) is 13.1. The zero-order chi connectivity index (χ0) is 39.6. The van der Waals surface area contributed by atoms with Crippen LogP contribution in [0.3, 0.4) is 0 Å². The van der Waals surface area contributed by atoms with Crippen molar-refractivity contribution >= 4 is 23.0 Å². The highest BCUT2D eigenvalue weighted by Crippen LogP contribution is 2.31. The van der Waals surface area contributed by atoms with E-state index in [9.17, 15) is 24.6 Å². The van der Waals surface area contributed by atoms with Gasteiger partial charge in [-0.05, 0) is 90.5 Å². The Morgan fingerprint density at radius 1 is 0.877 bits per heavy atom. The average molecular weight is 777 g/mol. The molecule has 3 saturated heterocycles. The molecule has 0 radical (unpaired) electrons. The van der Waals surface area contributed by atoms with E-state index in [1.807, 2.05) is 66.7 Å². The summed E-state index contributed by atoms with van der Waals surface area (Å²) in [5.41, 5.74) is 3.58. The number of aromatic hydroxyl groups is 1. The van der Waals surface area contributed by atoms with E-state index in [1.165, 1.54) is 12.1 Å². The van der Waals surface area contributed by atoms with E-state index in [0.29, 0.717) is 41.3 Å². The maximum atomic E-state index is 13.2. The monoisotopic (exact) mass is 776 g/mol. The van der Waals surface area contributed by atoms with Crippen molar-refractivity contribution in [3.8, 4) is 11.5 Å². The second kappa shape index (κ2) is 18.9. The summed E-state index contributed by atoms with van der Waals surface area (Å²) in [6.45, 7) is 4.51. The molecule has 3 aliphatic heterocycles. The minimum atomic E-state index is -0.873. The molecule has 4 heterocycles.